The molecule has 0 unspecified atom stereocenters. The Morgan fingerprint density at radius 1 is 1.36 bits per heavy atom. The maximum Gasteiger partial charge on any atom is 0.230 e. The highest BCUT2D eigenvalue weighted by atomic mass is 32.2. The number of imidazole rings is 1. The smallest absolute Gasteiger partial charge is 0.230 e. The van der Waals surface area contributed by atoms with Gasteiger partial charge in [-0.25, -0.2) is 4.98 Å². The van der Waals surface area contributed by atoms with Crippen LogP contribution in [0.15, 0.2) is 17.6 Å². The van der Waals surface area contributed by atoms with Crippen molar-refractivity contribution in [2.24, 2.45) is 7.05 Å². The Morgan fingerprint density at radius 2 is 2.09 bits per heavy atom. The van der Waals surface area contributed by atoms with Crippen LogP contribution in [0.25, 0.3) is 0 Å². The van der Waals surface area contributed by atoms with Gasteiger partial charge >= 0.3 is 0 Å². The fraction of sp³-hybridized carbons (Fsp3) is 0.733. The minimum atomic E-state index is 0.0820. The molecule has 1 N–H and O–H groups in total. The summed E-state index contributed by atoms with van der Waals surface area (Å²) < 4.78 is 1.92. The van der Waals surface area contributed by atoms with Gasteiger partial charge in [-0.05, 0) is 20.4 Å². The average molecular weight is 325 g/mol. The maximum atomic E-state index is 11.9. The minimum Gasteiger partial charge on any atom is -0.355 e. The molecular weight excluding hydrogens is 298 g/mol. The quantitative estimate of drug-likeness (QED) is 0.746. The molecule has 1 aliphatic heterocycles. The number of amides is 1. The van der Waals surface area contributed by atoms with Crippen molar-refractivity contribution >= 4 is 17.7 Å². The summed E-state index contributed by atoms with van der Waals surface area (Å²) in [6.45, 7) is 7.52. The second kappa shape index (κ2) is 8.55. The zero-order chi connectivity index (χ0) is 15.9. The maximum absolute atomic E-state index is 11.9. The standard InChI is InChI=1S/C15H27N5OS/c1-13(20-10-8-18(2)9-11-20)4-5-16-14(21)12-22-15-17-6-7-19(15)3/h6-7,13H,4-5,8-12H2,1-3H3,(H,16,21)/t13-/m1/s1. The highest BCUT2D eigenvalue weighted by molar-refractivity contribution is 7.99. The van der Waals surface area contributed by atoms with Gasteiger partial charge in [0.15, 0.2) is 5.16 Å². The van der Waals surface area contributed by atoms with E-state index in [4.69, 9.17) is 0 Å². The third kappa shape index (κ3) is 5.30. The molecule has 1 aromatic rings. The lowest BCUT2D eigenvalue weighted by atomic mass is 10.1. The summed E-state index contributed by atoms with van der Waals surface area (Å²) in [7, 11) is 4.10. The first-order valence-electron chi connectivity index (χ1n) is 7.85. The van der Waals surface area contributed by atoms with Crippen LogP contribution >= 0.6 is 11.8 Å². The number of nitrogens with zero attached hydrogens (tertiary/aromatic N) is 4. The van der Waals surface area contributed by atoms with Crippen LogP contribution < -0.4 is 5.32 Å². The molecule has 1 saturated heterocycles. The zero-order valence-electron chi connectivity index (χ0n) is 13.8. The highest BCUT2D eigenvalue weighted by Gasteiger charge is 2.18. The number of carbonyl (C=O) groups excluding carboxylic acids is 1. The third-order valence-electron chi connectivity index (χ3n) is 4.15. The number of hydrogen-bond acceptors (Lipinski definition) is 5. The first-order valence-corrected chi connectivity index (χ1v) is 8.84. The SMILES string of the molecule is C[C@H](CCNC(=O)CSc1nccn1C)N1CCN(C)CC1. The molecule has 7 heteroatoms. The number of carbonyl (C=O) groups is 1. The number of thioether (sulfide) groups is 1. The number of nitrogens with one attached hydrogen (secondary N) is 1. The lowest BCUT2D eigenvalue weighted by molar-refractivity contribution is -0.118. The van der Waals surface area contributed by atoms with E-state index in [2.05, 4.69) is 34.1 Å². The number of aromatic nitrogens is 2. The van der Waals surface area contributed by atoms with E-state index in [0.717, 1.165) is 44.3 Å². The molecule has 2 heterocycles. The van der Waals surface area contributed by atoms with E-state index in [1.165, 1.54) is 11.8 Å². The van der Waals surface area contributed by atoms with Gasteiger partial charge in [0.1, 0.15) is 0 Å². The molecular formula is C15H27N5OS. The fourth-order valence-electron chi connectivity index (χ4n) is 2.54. The molecule has 1 atom stereocenters. The molecule has 2 rings (SSSR count). The molecule has 0 saturated carbocycles. The van der Waals surface area contributed by atoms with E-state index < -0.39 is 0 Å². The zero-order valence-corrected chi connectivity index (χ0v) is 14.6. The third-order valence-corrected chi connectivity index (χ3v) is 5.21. The molecule has 1 fully saturated rings. The Balaban J connectivity index is 1.59. The van der Waals surface area contributed by atoms with Crippen LogP contribution in [-0.2, 0) is 11.8 Å². The van der Waals surface area contributed by atoms with Crippen molar-refractivity contribution in [2.75, 3.05) is 45.5 Å². The summed E-state index contributed by atoms with van der Waals surface area (Å²) in [4.78, 5) is 20.9. The van der Waals surface area contributed by atoms with Crippen LogP contribution in [-0.4, -0.2) is 76.8 Å². The van der Waals surface area contributed by atoms with Gasteiger partial charge in [0.2, 0.25) is 5.91 Å². The topological polar surface area (TPSA) is 53.4 Å². The van der Waals surface area contributed by atoms with Crippen molar-refractivity contribution in [3.8, 4) is 0 Å². The predicted octanol–water partition coefficient (Wildman–Crippen LogP) is 0.654. The molecule has 22 heavy (non-hydrogen) atoms. The summed E-state index contributed by atoms with van der Waals surface area (Å²) in [6.07, 6.45) is 4.64. The number of hydrogen-bond donors (Lipinski definition) is 1. The van der Waals surface area contributed by atoms with Gasteiger partial charge in [-0.1, -0.05) is 11.8 Å². The highest BCUT2D eigenvalue weighted by Crippen LogP contribution is 2.13. The van der Waals surface area contributed by atoms with E-state index >= 15 is 0 Å². The van der Waals surface area contributed by atoms with Gasteiger partial charge in [0.25, 0.3) is 0 Å². The van der Waals surface area contributed by atoms with Crippen molar-refractivity contribution < 1.29 is 4.79 Å². The van der Waals surface area contributed by atoms with Gasteiger partial charge in [0.05, 0.1) is 5.75 Å². The molecule has 1 amide bonds. The number of aryl methyl sites for hydroxylation is 1. The molecule has 0 bridgehead atoms. The Kier molecular flexibility index (Phi) is 6.72. The van der Waals surface area contributed by atoms with Crippen LogP contribution in [0.4, 0.5) is 0 Å². The molecule has 1 aliphatic rings. The lowest BCUT2D eigenvalue weighted by Crippen LogP contribution is -2.48. The summed E-state index contributed by atoms with van der Waals surface area (Å²) >= 11 is 1.47. The molecule has 0 radical (unpaired) electrons. The van der Waals surface area contributed by atoms with Crippen LogP contribution in [0.3, 0.4) is 0 Å². The Labute approximate surface area is 137 Å². The van der Waals surface area contributed by atoms with Gasteiger partial charge in [-0.2, -0.15) is 0 Å². The van der Waals surface area contributed by atoms with Gasteiger partial charge < -0.3 is 14.8 Å². The normalized spacial score (nSPS) is 18.3. The Hall–Kier alpha value is -1.05. The van der Waals surface area contributed by atoms with Crippen LogP contribution in [0.5, 0.6) is 0 Å². The summed E-state index contributed by atoms with van der Waals surface area (Å²) in [5.41, 5.74) is 0. The lowest BCUT2D eigenvalue weighted by Gasteiger charge is -2.36. The second-order valence-electron chi connectivity index (χ2n) is 5.94. The molecule has 0 aromatic carbocycles. The van der Waals surface area contributed by atoms with Gasteiger partial charge in [-0.15, -0.1) is 0 Å². The van der Waals surface area contributed by atoms with Crippen molar-refractivity contribution in [1.29, 1.82) is 0 Å². The van der Waals surface area contributed by atoms with Crippen molar-refractivity contribution in [3.05, 3.63) is 12.4 Å². The van der Waals surface area contributed by atoms with Crippen molar-refractivity contribution in [3.63, 3.8) is 0 Å². The van der Waals surface area contributed by atoms with E-state index in [-0.39, 0.29) is 5.91 Å². The van der Waals surface area contributed by atoms with Gasteiger partial charge in [-0.3, -0.25) is 9.69 Å². The second-order valence-corrected chi connectivity index (χ2v) is 6.88. The van der Waals surface area contributed by atoms with Gasteiger partial charge in [0, 0.05) is 58.2 Å². The van der Waals surface area contributed by atoms with E-state index in [9.17, 15) is 4.79 Å². The van der Waals surface area contributed by atoms with E-state index in [1.54, 1.807) is 6.20 Å². The number of piperazine rings is 1. The Bertz CT molecular complexity index is 470. The summed E-state index contributed by atoms with van der Waals surface area (Å²) in [6, 6.07) is 0.524. The number of likely N-dealkylation sites (N-methyl/N-ethyl adjacent to an activating group) is 1. The summed E-state index contributed by atoms with van der Waals surface area (Å²) in [5.74, 6) is 0.506. The minimum absolute atomic E-state index is 0.0820. The first kappa shape index (κ1) is 17.3. The average Bonchev–Trinajstić information content (AvgIpc) is 2.91. The largest absolute Gasteiger partial charge is 0.355 e. The molecule has 0 aliphatic carbocycles. The molecule has 0 spiro atoms. The molecule has 124 valence electrons. The molecule has 1 aromatic heterocycles. The molecule has 6 nitrogen and oxygen atoms in total. The van der Waals surface area contributed by atoms with E-state index in [0.29, 0.717) is 11.8 Å². The summed E-state index contributed by atoms with van der Waals surface area (Å²) in [5, 5.41) is 3.89. The fourth-order valence-corrected chi connectivity index (χ4v) is 3.30. The van der Waals surface area contributed by atoms with Crippen LogP contribution in [0.2, 0.25) is 0 Å². The predicted molar refractivity (Wildman–Crippen MR) is 90.1 cm³/mol. The first-order chi connectivity index (χ1) is 10.6. The Morgan fingerprint density at radius 3 is 2.73 bits per heavy atom. The van der Waals surface area contributed by atoms with Crippen LogP contribution in [0.1, 0.15) is 13.3 Å². The van der Waals surface area contributed by atoms with E-state index in [1.807, 2.05) is 17.8 Å². The van der Waals surface area contributed by atoms with Crippen LogP contribution in [0, 0.1) is 0 Å². The number of rotatable bonds is 7. The van der Waals surface area contributed by atoms with Crippen molar-refractivity contribution in [2.45, 2.75) is 24.5 Å². The van der Waals surface area contributed by atoms with Crippen molar-refractivity contribution in [1.82, 2.24) is 24.7 Å². The monoisotopic (exact) mass is 325 g/mol.